The van der Waals surface area contributed by atoms with Crippen molar-refractivity contribution in [1.29, 1.82) is 0 Å². The maximum atomic E-state index is 12.2. The van der Waals surface area contributed by atoms with E-state index in [9.17, 15) is 4.79 Å². The fourth-order valence-electron chi connectivity index (χ4n) is 3.53. The van der Waals surface area contributed by atoms with Gasteiger partial charge >= 0.3 is 0 Å². The van der Waals surface area contributed by atoms with E-state index in [4.69, 9.17) is 23.2 Å². The third-order valence-electron chi connectivity index (χ3n) is 5.16. The molecule has 0 amide bonds. The Morgan fingerprint density at radius 3 is 2.46 bits per heavy atom. The van der Waals surface area contributed by atoms with Crippen LogP contribution in [0, 0.1) is 5.92 Å². The Kier molecular flexibility index (Phi) is 9.53. The summed E-state index contributed by atoms with van der Waals surface area (Å²) < 4.78 is 0. The minimum atomic E-state index is 0. The summed E-state index contributed by atoms with van der Waals surface area (Å²) in [5, 5.41) is 1.16. The molecule has 0 bridgehead atoms. The van der Waals surface area contributed by atoms with Gasteiger partial charge in [-0.05, 0) is 73.7 Å². The van der Waals surface area contributed by atoms with Gasteiger partial charge in [0.2, 0.25) is 0 Å². The number of hydrogen-bond acceptors (Lipinski definition) is 2. The van der Waals surface area contributed by atoms with Gasteiger partial charge in [0.05, 0.1) is 0 Å². The zero-order valence-electron chi connectivity index (χ0n) is 15.8. The smallest absolute Gasteiger partial charge is 0.156 e. The van der Waals surface area contributed by atoms with Crippen LogP contribution >= 0.6 is 35.6 Å². The summed E-state index contributed by atoms with van der Waals surface area (Å²) in [6.45, 7) is 2.99. The molecule has 1 heterocycles. The number of nitrogens with zero attached hydrogens (tertiary/aromatic N) is 1. The van der Waals surface area contributed by atoms with Crippen molar-refractivity contribution >= 4 is 47.5 Å². The number of halogens is 3. The molecule has 3 rings (SSSR count). The summed E-state index contributed by atoms with van der Waals surface area (Å²) in [5.74, 6) is 0.888. The number of carbonyl (C=O) groups excluding carboxylic acids is 1. The first-order valence-electron chi connectivity index (χ1n) is 9.52. The van der Waals surface area contributed by atoms with Gasteiger partial charge in [-0.3, -0.25) is 4.79 Å². The Labute approximate surface area is 183 Å². The molecule has 28 heavy (non-hydrogen) atoms. The SMILES string of the molecule is Cl.O=C(C=Cc1ccc(Cl)cc1Cl)CCN1CCC(Cc2ccccc2)CC1. The lowest BCUT2D eigenvalue weighted by atomic mass is 9.90. The standard InChI is InChI=1S/C23H25Cl2NO.ClH/c24-21-8-6-20(23(25)17-21)7-9-22(27)12-15-26-13-10-19(11-14-26)16-18-4-2-1-3-5-18;/h1-9,17,19H,10-16H2;1H. The highest BCUT2D eigenvalue weighted by atomic mass is 35.5. The van der Waals surface area contributed by atoms with E-state index in [-0.39, 0.29) is 18.2 Å². The monoisotopic (exact) mass is 437 g/mol. The van der Waals surface area contributed by atoms with Crippen molar-refractivity contribution in [2.45, 2.75) is 25.7 Å². The molecule has 1 aliphatic heterocycles. The molecule has 0 saturated carbocycles. The number of allylic oxidation sites excluding steroid dienone is 1. The van der Waals surface area contributed by atoms with Crippen molar-refractivity contribution in [2.24, 2.45) is 5.92 Å². The van der Waals surface area contributed by atoms with Gasteiger partial charge in [0.1, 0.15) is 0 Å². The average Bonchev–Trinajstić information content (AvgIpc) is 2.67. The third-order valence-corrected chi connectivity index (χ3v) is 5.72. The molecule has 0 N–H and O–H groups in total. The van der Waals surface area contributed by atoms with Gasteiger partial charge in [-0.2, -0.15) is 0 Å². The van der Waals surface area contributed by atoms with Crippen molar-refractivity contribution in [2.75, 3.05) is 19.6 Å². The molecule has 0 spiro atoms. The van der Waals surface area contributed by atoms with E-state index in [2.05, 4.69) is 35.2 Å². The Hall–Kier alpha value is -1.32. The number of hydrogen-bond donors (Lipinski definition) is 0. The van der Waals surface area contributed by atoms with Gasteiger partial charge in [-0.25, -0.2) is 0 Å². The van der Waals surface area contributed by atoms with Gasteiger partial charge in [0.25, 0.3) is 0 Å². The second-order valence-electron chi connectivity index (χ2n) is 7.19. The lowest BCUT2D eigenvalue weighted by molar-refractivity contribution is -0.114. The number of benzene rings is 2. The summed E-state index contributed by atoms with van der Waals surface area (Å²) in [5.41, 5.74) is 2.24. The second-order valence-corrected chi connectivity index (χ2v) is 8.03. The molecular formula is C23H26Cl3NO. The Balaban J connectivity index is 0.00000280. The fourth-order valence-corrected chi connectivity index (χ4v) is 4.00. The summed E-state index contributed by atoms with van der Waals surface area (Å²) in [7, 11) is 0. The van der Waals surface area contributed by atoms with Gasteiger partial charge < -0.3 is 4.90 Å². The fraction of sp³-hybridized carbons (Fsp3) is 0.348. The molecule has 1 fully saturated rings. The molecule has 0 aliphatic carbocycles. The minimum absolute atomic E-state index is 0. The lowest BCUT2D eigenvalue weighted by Crippen LogP contribution is -2.35. The van der Waals surface area contributed by atoms with Crippen molar-refractivity contribution in [1.82, 2.24) is 4.90 Å². The van der Waals surface area contributed by atoms with Crippen LogP contribution in [0.5, 0.6) is 0 Å². The maximum Gasteiger partial charge on any atom is 0.156 e. The van der Waals surface area contributed by atoms with Crippen LogP contribution in [0.4, 0.5) is 0 Å². The highest BCUT2D eigenvalue weighted by Crippen LogP contribution is 2.23. The normalized spacial score (nSPS) is 15.5. The number of piperidine rings is 1. The van der Waals surface area contributed by atoms with E-state index in [1.165, 1.54) is 18.4 Å². The first-order valence-corrected chi connectivity index (χ1v) is 10.3. The topological polar surface area (TPSA) is 20.3 Å². The maximum absolute atomic E-state index is 12.2. The van der Waals surface area contributed by atoms with Crippen LogP contribution in [0.3, 0.4) is 0 Å². The first-order chi connectivity index (χ1) is 13.1. The second kappa shape index (κ2) is 11.6. The first kappa shape index (κ1) is 23.0. The highest BCUT2D eigenvalue weighted by Gasteiger charge is 2.19. The average molecular weight is 439 g/mol. The van der Waals surface area contributed by atoms with E-state index in [1.54, 1.807) is 24.3 Å². The van der Waals surface area contributed by atoms with E-state index >= 15 is 0 Å². The molecule has 5 heteroatoms. The summed E-state index contributed by atoms with van der Waals surface area (Å²) in [6, 6.07) is 16.0. The highest BCUT2D eigenvalue weighted by molar-refractivity contribution is 6.35. The van der Waals surface area contributed by atoms with Gasteiger partial charge in [0, 0.05) is 23.0 Å². The van der Waals surface area contributed by atoms with E-state index in [1.807, 2.05) is 6.07 Å². The van der Waals surface area contributed by atoms with Crippen LogP contribution in [0.2, 0.25) is 10.0 Å². The van der Waals surface area contributed by atoms with Crippen molar-refractivity contribution < 1.29 is 4.79 Å². The molecule has 1 saturated heterocycles. The van der Waals surface area contributed by atoms with Crippen LogP contribution in [0.15, 0.2) is 54.6 Å². The number of ketones is 1. The van der Waals surface area contributed by atoms with Crippen LogP contribution in [-0.4, -0.2) is 30.3 Å². The third kappa shape index (κ3) is 7.25. The molecule has 0 radical (unpaired) electrons. The summed E-state index contributed by atoms with van der Waals surface area (Å²) in [6.07, 6.45) is 7.52. The van der Waals surface area contributed by atoms with Crippen LogP contribution < -0.4 is 0 Å². The Bertz CT molecular complexity index is 784. The minimum Gasteiger partial charge on any atom is -0.303 e. The molecule has 2 aromatic rings. The molecule has 1 aliphatic rings. The van der Waals surface area contributed by atoms with Gasteiger partial charge in [-0.15, -0.1) is 12.4 Å². The van der Waals surface area contributed by atoms with Crippen molar-refractivity contribution in [3.63, 3.8) is 0 Å². The van der Waals surface area contributed by atoms with Crippen LogP contribution in [-0.2, 0) is 11.2 Å². The van der Waals surface area contributed by atoms with Gasteiger partial charge in [0.15, 0.2) is 5.78 Å². The Morgan fingerprint density at radius 1 is 1.07 bits per heavy atom. The van der Waals surface area contributed by atoms with E-state index in [0.717, 1.165) is 37.5 Å². The molecule has 0 atom stereocenters. The largest absolute Gasteiger partial charge is 0.303 e. The molecule has 2 aromatic carbocycles. The zero-order valence-corrected chi connectivity index (χ0v) is 18.1. The summed E-state index contributed by atoms with van der Waals surface area (Å²) in [4.78, 5) is 14.6. The predicted molar refractivity (Wildman–Crippen MR) is 122 cm³/mol. The molecule has 0 unspecified atom stereocenters. The molecule has 150 valence electrons. The van der Waals surface area contributed by atoms with E-state index < -0.39 is 0 Å². The molecule has 0 aromatic heterocycles. The zero-order chi connectivity index (χ0) is 19.1. The van der Waals surface area contributed by atoms with Gasteiger partial charge in [-0.1, -0.05) is 59.6 Å². The molecule has 2 nitrogen and oxygen atoms in total. The Morgan fingerprint density at radius 2 is 1.79 bits per heavy atom. The van der Waals surface area contributed by atoms with Crippen molar-refractivity contribution in [3.05, 3.63) is 75.8 Å². The lowest BCUT2D eigenvalue weighted by Gasteiger charge is -2.31. The quantitative estimate of drug-likeness (QED) is 0.470. The van der Waals surface area contributed by atoms with E-state index in [0.29, 0.717) is 16.5 Å². The van der Waals surface area contributed by atoms with Crippen molar-refractivity contribution in [3.8, 4) is 0 Å². The number of rotatable bonds is 7. The predicted octanol–water partition coefficient (Wildman–Crippen LogP) is 6.34. The van der Waals surface area contributed by atoms with Crippen LogP contribution in [0.25, 0.3) is 6.08 Å². The summed E-state index contributed by atoms with van der Waals surface area (Å²) >= 11 is 12.0. The van der Waals surface area contributed by atoms with Crippen LogP contribution in [0.1, 0.15) is 30.4 Å². The number of likely N-dealkylation sites (tertiary alicyclic amines) is 1. The molecular weight excluding hydrogens is 413 g/mol. The number of carbonyl (C=O) groups is 1.